The summed E-state index contributed by atoms with van der Waals surface area (Å²) in [5.74, 6) is -0.0546. The molecule has 0 aromatic heterocycles. The second-order valence-corrected chi connectivity index (χ2v) is 6.95. The molecule has 0 atom stereocenters. The summed E-state index contributed by atoms with van der Waals surface area (Å²) in [4.78, 5) is 14.1. The van der Waals surface area contributed by atoms with Crippen molar-refractivity contribution in [3.63, 3.8) is 0 Å². The lowest BCUT2D eigenvalue weighted by molar-refractivity contribution is -0.115. The van der Waals surface area contributed by atoms with Crippen LogP contribution in [0.5, 0.6) is 0 Å². The number of carbonyl (C=O) groups excluding carboxylic acids is 1. The fraction of sp³-hybridized carbons (Fsp3) is 0.562. The van der Waals surface area contributed by atoms with Crippen LogP contribution in [-0.4, -0.2) is 44.5 Å². The van der Waals surface area contributed by atoms with Crippen molar-refractivity contribution in [2.45, 2.75) is 20.8 Å². The molecule has 0 aliphatic heterocycles. The van der Waals surface area contributed by atoms with E-state index in [9.17, 15) is 4.79 Å². The van der Waals surface area contributed by atoms with Crippen LogP contribution in [0.25, 0.3) is 0 Å². The zero-order chi connectivity index (χ0) is 16.0. The molecule has 0 aliphatic rings. The van der Waals surface area contributed by atoms with Gasteiger partial charge in [-0.05, 0) is 44.1 Å². The van der Waals surface area contributed by atoms with Crippen molar-refractivity contribution in [3.05, 3.63) is 28.8 Å². The Morgan fingerprint density at radius 3 is 2.62 bits per heavy atom. The number of nitrogens with one attached hydrogen (secondary N) is 2. The first-order chi connectivity index (χ1) is 9.69. The predicted molar refractivity (Wildman–Crippen MR) is 90.0 cm³/mol. The standard InChI is InChI=1S/C16H26ClN3O/c1-12-6-7-13(17)8-14(12)19-15(21)9-18-10-16(2,3)11-20(4)5/h6-8,18H,9-11H2,1-5H3,(H,19,21). The van der Waals surface area contributed by atoms with Crippen LogP contribution >= 0.6 is 11.6 Å². The number of hydrogen-bond donors (Lipinski definition) is 2. The Kier molecular flexibility index (Phi) is 6.65. The number of aryl methyl sites for hydroxylation is 1. The van der Waals surface area contributed by atoms with Crippen LogP contribution in [0.2, 0.25) is 5.02 Å². The molecule has 0 fully saturated rings. The maximum atomic E-state index is 12.0. The average Bonchev–Trinajstić information content (AvgIpc) is 2.31. The van der Waals surface area contributed by atoms with Gasteiger partial charge in [0, 0.05) is 23.8 Å². The molecule has 0 radical (unpaired) electrons. The van der Waals surface area contributed by atoms with Gasteiger partial charge in [0.05, 0.1) is 6.54 Å². The number of anilines is 1. The quantitative estimate of drug-likeness (QED) is 0.814. The summed E-state index contributed by atoms with van der Waals surface area (Å²) in [5.41, 5.74) is 1.89. The summed E-state index contributed by atoms with van der Waals surface area (Å²) in [6.07, 6.45) is 0. The van der Waals surface area contributed by atoms with Gasteiger partial charge in [0.25, 0.3) is 0 Å². The molecule has 1 aromatic rings. The molecule has 0 aliphatic carbocycles. The number of amides is 1. The molecule has 1 amide bonds. The molecule has 0 spiro atoms. The predicted octanol–water partition coefficient (Wildman–Crippen LogP) is 2.76. The van der Waals surface area contributed by atoms with Gasteiger partial charge in [0.1, 0.15) is 0 Å². The monoisotopic (exact) mass is 311 g/mol. The Labute approximate surface area is 132 Å². The molecule has 0 unspecified atom stereocenters. The number of carbonyl (C=O) groups is 1. The largest absolute Gasteiger partial charge is 0.325 e. The van der Waals surface area contributed by atoms with Crippen LogP contribution in [0.15, 0.2) is 18.2 Å². The van der Waals surface area contributed by atoms with Gasteiger partial charge < -0.3 is 15.5 Å². The lowest BCUT2D eigenvalue weighted by Crippen LogP contribution is -2.40. The van der Waals surface area contributed by atoms with Crippen LogP contribution in [0.4, 0.5) is 5.69 Å². The van der Waals surface area contributed by atoms with E-state index in [1.165, 1.54) is 0 Å². The van der Waals surface area contributed by atoms with Gasteiger partial charge in [-0.15, -0.1) is 0 Å². The molecule has 0 heterocycles. The highest BCUT2D eigenvalue weighted by Gasteiger charge is 2.18. The first kappa shape index (κ1) is 18.0. The summed E-state index contributed by atoms with van der Waals surface area (Å²) in [7, 11) is 4.10. The Hall–Kier alpha value is -1.10. The van der Waals surface area contributed by atoms with E-state index in [4.69, 9.17) is 11.6 Å². The van der Waals surface area contributed by atoms with Crippen molar-refractivity contribution >= 4 is 23.2 Å². The molecule has 4 nitrogen and oxygen atoms in total. The van der Waals surface area contributed by atoms with Gasteiger partial charge in [-0.3, -0.25) is 4.79 Å². The Bertz CT molecular complexity index is 486. The summed E-state index contributed by atoms with van der Waals surface area (Å²) < 4.78 is 0. The number of hydrogen-bond acceptors (Lipinski definition) is 3. The topological polar surface area (TPSA) is 44.4 Å². The second kappa shape index (κ2) is 7.78. The van der Waals surface area contributed by atoms with Crippen LogP contribution < -0.4 is 10.6 Å². The summed E-state index contributed by atoms with van der Waals surface area (Å²) >= 11 is 5.94. The Morgan fingerprint density at radius 2 is 2.00 bits per heavy atom. The van der Waals surface area contributed by atoms with Crippen LogP contribution in [0.3, 0.4) is 0 Å². The average molecular weight is 312 g/mol. The van der Waals surface area contributed by atoms with E-state index in [-0.39, 0.29) is 11.3 Å². The van der Waals surface area contributed by atoms with Gasteiger partial charge in [0.15, 0.2) is 0 Å². The SMILES string of the molecule is Cc1ccc(Cl)cc1NC(=O)CNCC(C)(C)CN(C)C. The number of rotatable bonds is 7. The fourth-order valence-electron chi connectivity index (χ4n) is 2.35. The van der Waals surface area contributed by atoms with Crippen molar-refractivity contribution in [2.24, 2.45) is 5.41 Å². The third-order valence-electron chi connectivity index (χ3n) is 3.11. The minimum atomic E-state index is -0.0546. The third-order valence-corrected chi connectivity index (χ3v) is 3.34. The highest BCUT2D eigenvalue weighted by molar-refractivity contribution is 6.31. The minimum Gasteiger partial charge on any atom is -0.325 e. The molecule has 0 bridgehead atoms. The van der Waals surface area contributed by atoms with E-state index in [2.05, 4.69) is 43.5 Å². The van der Waals surface area contributed by atoms with Crippen LogP contribution in [0, 0.1) is 12.3 Å². The Morgan fingerprint density at radius 1 is 1.33 bits per heavy atom. The van der Waals surface area contributed by atoms with Crippen LogP contribution in [-0.2, 0) is 4.79 Å². The highest BCUT2D eigenvalue weighted by atomic mass is 35.5. The van der Waals surface area contributed by atoms with Gasteiger partial charge >= 0.3 is 0 Å². The number of halogens is 1. The summed E-state index contributed by atoms with van der Waals surface area (Å²) in [6.45, 7) is 8.35. The molecule has 1 rings (SSSR count). The molecule has 21 heavy (non-hydrogen) atoms. The molecule has 2 N–H and O–H groups in total. The first-order valence-corrected chi connectivity index (χ1v) is 7.49. The first-order valence-electron chi connectivity index (χ1n) is 7.11. The zero-order valence-corrected chi connectivity index (χ0v) is 14.3. The summed E-state index contributed by atoms with van der Waals surface area (Å²) in [6, 6.07) is 5.48. The normalized spacial score (nSPS) is 11.8. The van der Waals surface area contributed by atoms with Crippen molar-refractivity contribution in [3.8, 4) is 0 Å². The van der Waals surface area contributed by atoms with Crippen LogP contribution in [0.1, 0.15) is 19.4 Å². The highest BCUT2D eigenvalue weighted by Crippen LogP contribution is 2.20. The molecule has 5 heteroatoms. The molecular formula is C16H26ClN3O. The zero-order valence-electron chi connectivity index (χ0n) is 13.6. The maximum absolute atomic E-state index is 12.0. The van der Waals surface area contributed by atoms with Gasteiger partial charge in [-0.2, -0.15) is 0 Å². The second-order valence-electron chi connectivity index (χ2n) is 6.51. The van der Waals surface area contributed by atoms with E-state index in [0.29, 0.717) is 11.6 Å². The third kappa shape index (κ3) is 6.93. The van der Waals surface area contributed by atoms with Crippen molar-refractivity contribution in [1.82, 2.24) is 10.2 Å². The van der Waals surface area contributed by atoms with E-state index in [1.54, 1.807) is 6.07 Å². The molecule has 0 saturated heterocycles. The molecule has 118 valence electrons. The van der Waals surface area contributed by atoms with Gasteiger partial charge in [0.2, 0.25) is 5.91 Å². The van der Waals surface area contributed by atoms with E-state index in [1.807, 2.05) is 19.1 Å². The van der Waals surface area contributed by atoms with Crippen molar-refractivity contribution < 1.29 is 4.79 Å². The molecule has 0 saturated carbocycles. The molecule has 1 aromatic carbocycles. The van der Waals surface area contributed by atoms with E-state index < -0.39 is 0 Å². The van der Waals surface area contributed by atoms with Crippen molar-refractivity contribution in [2.75, 3.05) is 39.0 Å². The molecular weight excluding hydrogens is 286 g/mol. The minimum absolute atomic E-state index is 0.0546. The smallest absolute Gasteiger partial charge is 0.238 e. The van der Waals surface area contributed by atoms with Gasteiger partial charge in [-0.25, -0.2) is 0 Å². The van der Waals surface area contributed by atoms with Gasteiger partial charge in [-0.1, -0.05) is 31.5 Å². The number of benzene rings is 1. The summed E-state index contributed by atoms with van der Waals surface area (Å²) in [5, 5.41) is 6.72. The van der Waals surface area contributed by atoms with Crippen molar-refractivity contribution in [1.29, 1.82) is 0 Å². The van der Waals surface area contributed by atoms with E-state index >= 15 is 0 Å². The fourth-order valence-corrected chi connectivity index (χ4v) is 2.52. The lowest BCUT2D eigenvalue weighted by atomic mass is 9.93. The lowest BCUT2D eigenvalue weighted by Gasteiger charge is -2.28. The van der Waals surface area contributed by atoms with E-state index in [0.717, 1.165) is 24.3 Å². The number of nitrogens with zero attached hydrogens (tertiary/aromatic N) is 1. The Balaban J connectivity index is 2.43. The maximum Gasteiger partial charge on any atom is 0.238 e.